The Bertz CT molecular complexity index is 545. The van der Waals surface area contributed by atoms with E-state index in [-0.39, 0.29) is 21.9 Å². The van der Waals surface area contributed by atoms with Crippen molar-refractivity contribution in [1.29, 1.82) is 0 Å². The van der Waals surface area contributed by atoms with Crippen molar-refractivity contribution < 1.29 is 9.31 Å². The molecule has 0 aromatic heterocycles. The van der Waals surface area contributed by atoms with Crippen LogP contribution < -0.4 is 5.32 Å². The number of benzene rings is 1. The fourth-order valence-electron chi connectivity index (χ4n) is 2.90. The fourth-order valence-corrected chi connectivity index (χ4v) is 3.06. The van der Waals surface area contributed by atoms with Crippen LogP contribution in [0.4, 0.5) is 15.8 Å². The monoisotopic (exact) mass is 315 g/mol. The summed E-state index contributed by atoms with van der Waals surface area (Å²) in [4.78, 5) is 12.7. The standard InChI is InChI=1S/C14H19ClFN3O2/c1-18(2)14(5-3-4-6-14)9-17-12-8-11(16)10(15)7-13(12)19(20)21/h7-8,17H,3-6,9H2,1-2H3. The van der Waals surface area contributed by atoms with Gasteiger partial charge < -0.3 is 10.2 Å². The first-order valence-electron chi connectivity index (χ1n) is 6.90. The average Bonchev–Trinajstić information content (AvgIpc) is 2.89. The fraction of sp³-hybridized carbons (Fsp3) is 0.571. The molecule has 1 fully saturated rings. The molecule has 1 saturated carbocycles. The third kappa shape index (κ3) is 3.27. The van der Waals surface area contributed by atoms with E-state index in [1.54, 1.807) is 0 Å². The molecule has 0 saturated heterocycles. The van der Waals surface area contributed by atoms with E-state index in [1.165, 1.54) is 0 Å². The molecule has 1 aromatic rings. The molecule has 0 amide bonds. The number of hydrogen-bond acceptors (Lipinski definition) is 4. The lowest BCUT2D eigenvalue weighted by molar-refractivity contribution is -0.384. The minimum absolute atomic E-state index is 0.0377. The van der Waals surface area contributed by atoms with Gasteiger partial charge in [0.15, 0.2) is 0 Å². The van der Waals surface area contributed by atoms with Crippen molar-refractivity contribution in [2.45, 2.75) is 31.2 Å². The highest BCUT2D eigenvalue weighted by atomic mass is 35.5. The molecule has 116 valence electrons. The van der Waals surface area contributed by atoms with Crippen LogP contribution >= 0.6 is 11.6 Å². The first-order valence-corrected chi connectivity index (χ1v) is 7.28. The molecular weight excluding hydrogens is 297 g/mol. The van der Waals surface area contributed by atoms with Crippen molar-refractivity contribution in [3.63, 3.8) is 0 Å². The molecule has 21 heavy (non-hydrogen) atoms. The number of rotatable bonds is 5. The lowest BCUT2D eigenvalue weighted by Crippen LogP contribution is -2.47. The average molecular weight is 316 g/mol. The zero-order valence-corrected chi connectivity index (χ0v) is 12.9. The molecule has 2 rings (SSSR count). The molecule has 1 N–H and O–H groups in total. The van der Waals surface area contributed by atoms with Crippen LogP contribution in [0.3, 0.4) is 0 Å². The van der Waals surface area contributed by atoms with Gasteiger partial charge in [0, 0.05) is 24.2 Å². The number of nitrogens with one attached hydrogen (secondary N) is 1. The van der Waals surface area contributed by atoms with E-state index in [2.05, 4.69) is 10.2 Å². The smallest absolute Gasteiger partial charge is 0.294 e. The Morgan fingerprint density at radius 1 is 1.43 bits per heavy atom. The van der Waals surface area contributed by atoms with Gasteiger partial charge in [0.05, 0.1) is 9.95 Å². The number of nitro groups is 1. The van der Waals surface area contributed by atoms with Gasteiger partial charge in [0.25, 0.3) is 5.69 Å². The van der Waals surface area contributed by atoms with Gasteiger partial charge >= 0.3 is 0 Å². The summed E-state index contributed by atoms with van der Waals surface area (Å²) in [5.41, 5.74) is -0.0624. The molecule has 0 unspecified atom stereocenters. The van der Waals surface area contributed by atoms with Crippen molar-refractivity contribution in [3.8, 4) is 0 Å². The Hall–Kier alpha value is -1.40. The van der Waals surface area contributed by atoms with Gasteiger partial charge in [-0.3, -0.25) is 10.1 Å². The summed E-state index contributed by atoms with van der Waals surface area (Å²) in [5, 5.41) is 13.9. The van der Waals surface area contributed by atoms with E-state index in [0.717, 1.165) is 37.8 Å². The third-order valence-corrected chi connectivity index (χ3v) is 4.62. The van der Waals surface area contributed by atoms with E-state index < -0.39 is 10.7 Å². The Morgan fingerprint density at radius 2 is 2.05 bits per heavy atom. The Labute approximate surface area is 128 Å². The molecule has 0 radical (unpaired) electrons. The maximum atomic E-state index is 13.6. The van der Waals surface area contributed by atoms with Crippen LogP contribution in [0.15, 0.2) is 12.1 Å². The third-order valence-electron chi connectivity index (χ3n) is 4.33. The van der Waals surface area contributed by atoms with Crippen molar-refractivity contribution >= 4 is 23.0 Å². The number of anilines is 1. The zero-order valence-electron chi connectivity index (χ0n) is 12.2. The Morgan fingerprint density at radius 3 is 2.57 bits per heavy atom. The maximum Gasteiger partial charge on any atom is 0.294 e. The van der Waals surface area contributed by atoms with Crippen molar-refractivity contribution in [2.24, 2.45) is 0 Å². The number of hydrogen-bond donors (Lipinski definition) is 1. The SMILES string of the molecule is CN(C)C1(CNc2cc(F)c(Cl)cc2[N+](=O)[O-])CCCC1. The Kier molecular flexibility index (Phi) is 4.68. The van der Waals surface area contributed by atoms with Gasteiger partial charge in [-0.15, -0.1) is 0 Å². The van der Waals surface area contributed by atoms with Gasteiger partial charge in [-0.1, -0.05) is 24.4 Å². The lowest BCUT2D eigenvalue weighted by atomic mass is 9.96. The molecule has 1 aliphatic rings. The zero-order chi connectivity index (χ0) is 15.6. The van der Waals surface area contributed by atoms with Crippen LogP contribution in [0.5, 0.6) is 0 Å². The molecule has 1 aromatic carbocycles. The summed E-state index contributed by atoms with van der Waals surface area (Å²) in [7, 11) is 4.01. The van der Waals surface area contributed by atoms with Gasteiger partial charge in [-0.25, -0.2) is 4.39 Å². The maximum absolute atomic E-state index is 13.6. The summed E-state index contributed by atoms with van der Waals surface area (Å²) in [5.74, 6) is -0.657. The number of likely N-dealkylation sites (N-methyl/N-ethyl adjacent to an activating group) is 1. The van der Waals surface area contributed by atoms with Gasteiger partial charge in [-0.2, -0.15) is 0 Å². The summed E-state index contributed by atoms with van der Waals surface area (Å²) < 4.78 is 13.6. The van der Waals surface area contributed by atoms with E-state index in [0.29, 0.717) is 6.54 Å². The van der Waals surface area contributed by atoms with E-state index in [1.807, 2.05) is 14.1 Å². The summed E-state index contributed by atoms with van der Waals surface area (Å²) in [6, 6.07) is 2.15. The van der Waals surface area contributed by atoms with Crippen LogP contribution in [-0.2, 0) is 0 Å². The highest BCUT2D eigenvalue weighted by molar-refractivity contribution is 6.31. The molecule has 0 atom stereocenters. The summed E-state index contributed by atoms with van der Waals surface area (Å²) in [6.45, 7) is 0.544. The Balaban J connectivity index is 2.23. The quantitative estimate of drug-likeness (QED) is 0.665. The van der Waals surface area contributed by atoms with Crippen molar-refractivity contribution in [1.82, 2.24) is 4.90 Å². The van der Waals surface area contributed by atoms with Crippen molar-refractivity contribution in [3.05, 3.63) is 33.1 Å². The van der Waals surface area contributed by atoms with E-state index >= 15 is 0 Å². The summed E-state index contributed by atoms with van der Waals surface area (Å²) in [6.07, 6.45) is 4.32. The largest absolute Gasteiger partial charge is 0.378 e. The molecule has 5 nitrogen and oxygen atoms in total. The molecule has 0 spiro atoms. The summed E-state index contributed by atoms with van der Waals surface area (Å²) >= 11 is 5.62. The predicted molar refractivity (Wildman–Crippen MR) is 81.4 cm³/mol. The molecule has 0 heterocycles. The topological polar surface area (TPSA) is 58.4 Å². The second kappa shape index (κ2) is 6.15. The van der Waals surface area contributed by atoms with Crippen LogP contribution in [0.25, 0.3) is 0 Å². The second-order valence-corrected chi connectivity index (χ2v) is 6.13. The highest BCUT2D eigenvalue weighted by Gasteiger charge is 2.36. The van der Waals surface area contributed by atoms with E-state index in [9.17, 15) is 14.5 Å². The normalized spacial score (nSPS) is 17.2. The molecule has 0 aliphatic heterocycles. The first-order chi connectivity index (χ1) is 9.85. The van der Waals surface area contributed by atoms with Crippen LogP contribution in [0.2, 0.25) is 5.02 Å². The lowest BCUT2D eigenvalue weighted by Gasteiger charge is -2.36. The number of nitrogens with zero attached hydrogens (tertiary/aromatic N) is 2. The minimum atomic E-state index is -0.657. The molecule has 7 heteroatoms. The van der Waals surface area contributed by atoms with E-state index in [4.69, 9.17) is 11.6 Å². The van der Waals surface area contributed by atoms with Gasteiger partial charge in [0.1, 0.15) is 11.5 Å². The first kappa shape index (κ1) is 16.0. The highest BCUT2D eigenvalue weighted by Crippen LogP contribution is 2.36. The molecule has 1 aliphatic carbocycles. The van der Waals surface area contributed by atoms with Gasteiger partial charge in [-0.05, 0) is 26.9 Å². The predicted octanol–water partition coefficient (Wildman–Crippen LogP) is 3.67. The minimum Gasteiger partial charge on any atom is -0.378 e. The molecular formula is C14H19ClFN3O2. The molecule has 0 bridgehead atoms. The van der Waals surface area contributed by atoms with Crippen LogP contribution in [0.1, 0.15) is 25.7 Å². The van der Waals surface area contributed by atoms with Crippen LogP contribution in [0, 0.1) is 15.9 Å². The van der Waals surface area contributed by atoms with Crippen molar-refractivity contribution in [2.75, 3.05) is 26.0 Å². The van der Waals surface area contributed by atoms with Crippen LogP contribution in [-0.4, -0.2) is 36.0 Å². The second-order valence-electron chi connectivity index (χ2n) is 5.72. The number of nitro benzene ring substituents is 1. The van der Waals surface area contributed by atoms with Gasteiger partial charge in [0.2, 0.25) is 0 Å². The number of halogens is 2.